The topological polar surface area (TPSA) is 65.9 Å². The average Bonchev–Trinajstić information content (AvgIpc) is 2.49. The van der Waals surface area contributed by atoms with E-state index in [1.807, 2.05) is 0 Å². The second kappa shape index (κ2) is 7.37. The molecule has 0 amide bonds. The lowest BCUT2D eigenvalue weighted by Crippen LogP contribution is -2.23. The molecule has 0 aliphatic heterocycles. The molecule has 7 heteroatoms. The van der Waals surface area contributed by atoms with E-state index in [1.165, 1.54) is 25.5 Å². The smallest absolute Gasteiger partial charge is 0.191 e. The second-order valence-electron chi connectivity index (χ2n) is 4.23. The van der Waals surface area contributed by atoms with E-state index in [9.17, 15) is 9.50 Å². The minimum Gasteiger partial charge on any atom is -0.504 e. The van der Waals surface area contributed by atoms with Gasteiger partial charge in [-0.15, -0.1) is 0 Å². The van der Waals surface area contributed by atoms with Gasteiger partial charge in [0.1, 0.15) is 5.82 Å². The van der Waals surface area contributed by atoms with Gasteiger partial charge in [0.15, 0.2) is 16.6 Å². The van der Waals surface area contributed by atoms with Gasteiger partial charge < -0.3 is 15.2 Å². The lowest BCUT2D eigenvalue weighted by Gasteiger charge is -2.07. The molecule has 2 aromatic carbocycles. The van der Waals surface area contributed by atoms with Gasteiger partial charge in [0.05, 0.1) is 13.3 Å². The highest BCUT2D eigenvalue weighted by atomic mass is 32.1. The molecule has 0 saturated carbocycles. The van der Waals surface area contributed by atoms with Crippen LogP contribution in [0.1, 0.15) is 5.56 Å². The van der Waals surface area contributed by atoms with Crippen LogP contribution in [0.3, 0.4) is 0 Å². The molecule has 0 spiro atoms. The standard InChI is InChI=1S/C15H14FN3O2S/c1-21-13-7-2-4-10(14(13)20)9-17-19-15(22)18-12-6-3-5-11(16)8-12/h2-9,20H,1H3,(H2,18,19,22)/b17-9-. The van der Waals surface area contributed by atoms with Crippen LogP contribution in [0.5, 0.6) is 11.5 Å². The SMILES string of the molecule is COc1cccc(/C=N\NC(=S)Nc2cccc(F)c2)c1O. The monoisotopic (exact) mass is 319 g/mol. The molecule has 0 aliphatic carbocycles. The molecular weight excluding hydrogens is 305 g/mol. The third-order valence-electron chi connectivity index (χ3n) is 2.70. The Balaban J connectivity index is 1.96. The van der Waals surface area contributed by atoms with Crippen molar-refractivity contribution in [3.8, 4) is 11.5 Å². The first-order chi connectivity index (χ1) is 10.6. The highest BCUT2D eigenvalue weighted by molar-refractivity contribution is 7.80. The van der Waals surface area contributed by atoms with Gasteiger partial charge in [-0.25, -0.2) is 4.39 Å². The third-order valence-corrected chi connectivity index (χ3v) is 2.90. The van der Waals surface area contributed by atoms with Crippen LogP contribution >= 0.6 is 12.2 Å². The molecule has 0 heterocycles. The number of benzene rings is 2. The van der Waals surface area contributed by atoms with Crippen molar-refractivity contribution in [2.45, 2.75) is 0 Å². The molecule has 114 valence electrons. The van der Waals surface area contributed by atoms with E-state index in [4.69, 9.17) is 17.0 Å². The first kappa shape index (κ1) is 15.7. The summed E-state index contributed by atoms with van der Waals surface area (Å²) in [5, 5.41) is 16.8. The number of thiocarbonyl (C=S) groups is 1. The Kier molecular flexibility index (Phi) is 5.26. The molecule has 0 aliphatic rings. The summed E-state index contributed by atoms with van der Waals surface area (Å²) in [6, 6.07) is 10.9. The van der Waals surface area contributed by atoms with Crippen molar-refractivity contribution in [3.63, 3.8) is 0 Å². The van der Waals surface area contributed by atoms with E-state index in [1.54, 1.807) is 30.3 Å². The van der Waals surface area contributed by atoms with Crippen molar-refractivity contribution in [3.05, 3.63) is 53.8 Å². The van der Waals surface area contributed by atoms with Gasteiger partial charge in [0, 0.05) is 11.3 Å². The molecule has 2 rings (SSSR count). The number of para-hydroxylation sites is 1. The Morgan fingerprint density at radius 3 is 2.82 bits per heavy atom. The number of anilines is 1. The van der Waals surface area contributed by atoms with Crippen LogP contribution in [-0.2, 0) is 0 Å². The second-order valence-corrected chi connectivity index (χ2v) is 4.64. The number of rotatable bonds is 4. The number of nitrogens with one attached hydrogen (secondary N) is 2. The maximum Gasteiger partial charge on any atom is 0.191 e. The van der Waals surface area contributed by atoms with Crippen LogP contribution in [0.2, 0.25) is 0 Å². The summed E-state index contributed by atoms with van der Waals surface area (Å²) in [6.07, 6.45) is 1.40. The van der Waals surface area contributed by atoms with E-state index >= 15 is 0 Å². The average molecular weight is 319 g/mol. The zero-order valence-corrected chi connectivity index (χ0v) is 12.5. The van der Waals surface area contributed by atoms with Gasteiger partial charge in [-0.3, -0.25) is 5.43 Å². The van der Waals surface area contributed by atoms with Crippen molar-refractivity contribution < 1.29 is 14.2 Å². The van der Waals surface area contributed by atoms with Crippen LogP contribution < -0.4 is 15.5 Å². The molecule has 0 unspecified atom stereocenters. The maximum atomic E-state index is 13.0. The van der Waals surface area contributed by atoms with Crippen molar-refractivity contribution >= 4 is 29.2 Å². The van der Waals surface area contributed by atoms with E-state index in [2.05, 4.69) is 15.8 Å². The molecule has 0 saturated heterocycles. The number of phenolic OH excluding ortho intramolecular Hbond substituents is 1. The van der Waals surface area contributed by atoms with Gasteiger partial charge in [0.25, 0.3) is 0 Å². The van der Waals surface area contributed by atoms with E-state index in [0.717, 1.165) is 0 Å². The molecular formula is C15H14FN3O2S. The van der Waals surface area contributed by atoms with E-state index in [0.29, 0.717) is 17.0 Å². The molecule has 5 nitrogen and oxygen atoms in total. The Bertz CT molecular complexity index is 707. The van der Waals surface area contributed by atoms with Crippen LogP contribution in [-0.4, -0.2) is 23.5 Å². The minimum atomic E-state index is -0.363. The predicted molar refractivity (Wildman–Crippen MR) is 88.0 cm³/mol. The van der Waals surface area contributed by atoms with Crippen molar-refractivity contribution in [1.29, 1.82) is 0 Å². The summed E-state index contributed by atoms with van der Waals surface area (Å²) >= 11 is 5.03. The Morgan fingerprint density at radius 1 is 1.32 bits per heavy atom. The van der Waals surface area contributed by atoms with Gasteiger partial charge in [-0.1, -0.05) is 12.1 Å². The fourth-order valence-electron chi connectivity index (χ4n) is 1.69. The molecule has 0 aromatic heterocycles. The first-order valence-corrected chi connectivity index (χ1v) is 6.72. The fraction of sp³-hybridized carbons (Fsp3) is 0.0667. The molecule has 3 N–H and O–H groups in total. The molecule has 0 radical (unpaired) electrons. The fourth-order valence-corrected chi connectivity index (χ4v) is 1.86. The maximum absolute atomic E-state index is 13.0. The van der Waals surface area contributed by atoms with Crippen LogP contribution in [0.25, 0.3) is 0 Å². The Hall–Kier alpha value is -2.67. The van der Waals surface area contributed by atoms with Gasteiger partial charge in [-0.2, -0.15) is 5.10 Å². The Labute approximate surface area is 132 Å². The number of hydrogen-bond acceptors (Lipinski definition) is 4. The quantitative estimate of drug-likeness (QED) is 0.459. The van der Waals surface area contributed by atoms with Gasteiger partial charge >= 0.3 is 0 Å². The summed E-state index contributed by atoms with van der Waals surface area (Å²) in [4.78, 5) is 0. The number of hydrogen-bond donors (Lipinski definition) is 3. The number of hydrazone groups is 1. The Morgan fingerprint density at radius 2 is 2.09 bits per heavy atom. The molecule has 2 aromatic rings. The van der Waals surface area contributed by atoms with Crippen molar-refractivity contribution in [1.82, 2.24) is 5.43 Å². The van der Waals surface area contributed by atoms with Crippen LogP contribution in [0.15, 0.2) is 47.6 Å². The van der Waals surface area contributed by atoms with E-state index < -0.39 is 0 Å². The normalized spacial score (nSPS) is 10.5. The number of methoxy groups -OCH3 is 1. The number of aromatic hydroxyl groups is 1. The zero-order valence-electron chi connectivity index (χ0n) is 11.7. The number of ether oxygens (including phenoxy) is 1. The summed E-state index contributed by atoms with van der Waals surface area (Å²) in [7, 11) is 1.46. The summed E-state index contributed by atoms with van der Waals surface area (Å²) in [6.45, 7) is 0. The number of phenols is 1. The van der Waals surface area contributed by atoms with Gasteiger partial charge in [-0.05, 0) is 42.5 Å². The minimum absolute atomic E-state index is 0.0143. The van der Waals surface area contributed by atoms with Crippen molar-refractivity contribution in [2.75, 3.05) is 12.4 Å². The molecule has 0 bridgehead atoms. The summed E-state index contributed by atoms with van der Waals surface area (Å²) < 4.78 is 18.0. The lowest BCUT2D eigenvalue weighted by atomic mass is 10.2. The summed E-state index contributed by atoms with van der Waals surface area (Å²) in [5.74, 6) is -0.0263. The summed E-state index contributed by atoms with van der Waals surface area (Å²) in [5.41, 5.74) is 3.56. The van der Waals surface area contributed by atoms with E-state index in [-0.39, 0.29) is 16.7 Å². The van der Waals surface area contributed by atoms with Gasteiger partial charge in [0.2, 0.25) is 0 Å². The number of halogens is 1. The predicted octanol–water partition coefficient (Wildman–Crippen LogP) is 2.86. The highest BCUT2D eigenvalue weighted by Crippen LogP contribution is 2.27. The van der Waals surface area contributed by atoms with Crippen LogP contribution in [0, 0.1) is 5.82 Å². The number of nitrogens with zero attached hydrogens (tertiary/aromatic N) is 1. The highest BCUT2D eigenvalue weighted by Gasteiger charge is 2.04. The lowest BCUT2D eigenvalue weighted by molar-refractivity contribution is 0.373. The molecule has 0 fully saturated rings. The largest absolute Gasteiger partial charge is 0.504 e. The molecule has 22 heavy (non-hydrogen) atoms. The zero-order chi connectivity index (χ0) is 15.9. The first-order valence-electron chi connectivity index (χ1n) is 6.31. The third kappa shape index (κ3) is 4.16. The van der Waals surface area contributed by atoms with Crippen molar-refractivity contribution in [2.24, 2.45) is 5.10 Å². The van der Waals surface area contributed by atoms with Crippen LogP contribution in [0.4, 0.5) is 10.1 Å². The molecule has 0 atom stereocenters.